The van der Waals surface area contributed by atoms with Gasteiger partial charge in [-0.05, 0) is 28.0 Å². The minimum atomic E-state index is -0.606. The SMILES string of the molecule is O/N=C(\Cc1ccc(F)c(Cl)c1)c1nonc1NCC[18F]. The van der Waals surface area contributed by atoms with E-state index in [1.54, 1.807) is 0 Å². The van der Waals surface area contributed by atoms with Gasteiger partial charge in [0.1, 0.15) is 18.2 Å². The molecule has 0 aliphatic carbocycles. The van der Waals surface area contributed by atoms with Gasteiger partial charge < -0.3 is 10.5 Å². The van der Waals surface area contributed by atoms with Gasteiger partial charge in [0.2, 0.25) is 0 Å². The number of nitrogens with one attached hydrogen (secondary N) is 1. The number of rotatable bonds is 6. The van der Waals surface area contributed by atoms with E-state index in [2.05, 4.69) is 25.4 Å². The molecule has 0 spiro atoms. The number of benzene rings is 1. The lowest BCUT2D eigenvalue weighted by Gasteiger charge is -2.05. The molecule has 0 unspecified atom stereocenters. The molecule has 1 aromatic heterocycles. The van der Waals surface area contributed by atoms with Crippen molar-refractivity contribution >= 4 is 23.1 Å². The first-order valence-corrected chi connectivity index (χ1v) is 6.31. The topological polar surface area (TPSA) is 83.5 Å². The Hall–Kier alpha value is -2.22. The number of oxime groups is 1. The Labute approximate surface area is 123 Å². The minimum Gasteiger partial charge on any atom is -0.411 e. The molecule has 0 fully saturated rings. The van der Waals surface area contributed by atoms with E-state index in [1.165, 1.54) is 18.2 Å². The lowest BCUT2D eigenvalue weighted by Crippen LogP contribution is -2.12. The maximum absolute atomic E-state index is 13.1. The second-order valence-electron chi connectivity index (χ2n) is 4.05. The van der Waals surface area contributed by atoms with E-state index in [4.69, 9.17) is 16.8 Å². The van der Waals surface area contributed by atoms with Crippen molar-refractivity contribution in [2.24, 2.45) is 5.16 Å². The average molecular weight is 316 g/mol. The Kier molecular flexibility index (Phi) is 5.04. The highest BCUT2D eigenvalue weighted by Crippen LogP contribution is 2.19. The smallest absolute Gasteiger partial charge is 0.200 e. The van der Waals surface area contributed by atoms with E-state index in [9.17, 15) is 8.78 Å². The van der Waals surface area contributed by atoms with Gasteiger partial charge in [-0.25, -0.2) is 13.4 Å². The zero-order valence-electron chi connectivity index (χ0n) is 10.7. The van der Waals surface area contributed by atoms with Crippen molar-refractivity contribution in [3.63, 3.8) is 0 Å². The molecule has 21 heavy (non-hydrogen) atoms. The van der Waals surface area contributed by atoms with Gasteiger partial charge in [0.15, 0.2) is 11.5 Å². The summed E-state index contributed by atoms with van der Waals surface area (Å²) < 4.78 is 29.8. The van der Waals surface area contributed by atoms with Crippen molar-refractivity contribution < 1.29 is 18.6 Å². The third-order valence-corrected chi connectivity index (χ3v) is 2.91. The first kappa shape index (κ1) is 15.2. The molecule has 1 aromatic carbocycles. The molecule has 0 atom stereocenters. The number of hydrogen-bond donors (Lipinski definition) is 2. The summed E-state index contributed by atoms with van der Waals surface area (Å²) in [7, 11) is 0. The van der Waals surface area contributed by atoms with Crippen molar-refractivity contribution in [3.05, 3.63) is 40.3 Å². The first-order chi connectivity index (χ1) is 10.2. The summed E-state index contributed by atoms with van der Waals surface area (Å²) in [5, 5.41) is 22.0. The van der Waals surface area contributed by atoms with Crippen LogP contribution in [-0.2, 0) is 6.42 Å². The normalized spacial score (nSPS) is 11.7. The summed E-state index contributed by atoms with van der Waals surface area (Å²) in [6.07, 6.45) is 0.120. The van der Waals surface area contributed by atoms with E-state index in [0.717, 1.165) is 0 Å². The highest BCUT2D eigenvalue weighted by atomic mass is 35.5. The molecule has 2 rings (SSSR count). The average Bonchev–Trinajstić information content (AvgIpc) is 2.94. The number of nitrogens with zero attached hydrogens (tertiary/aromatic N) is 3. The summed E-state index contributed by atoms with van der Waals surface area (Å²) in [4.78, 5) is 0. The molecule has 6 nitrogen and oxygen atoms in total. The number of aromatic nitrogens is 2. The first-order valence-electron chi connectivity index (χ1n) is 5.93. The molecule has 2 aromatic rings. The van der Waals surface area contributed by atoms with Gasteiger partial charge in [-0.15, -0.1) is 0 Å². The molecule has 112 valence electrons. The molecule has 0 saturated carbocycles. The third-order valence-electron chi connectivity index (χ3n) is 2.63. The predicted octanol–water partition coefficient (Wildman–Crippen LogP) is 2.66. The van der Waals surface area contributed by atoms with Gasteiger partial charge in [-0.2, -0.15) is 0 Å². The molecule has 0 radical (unpaired) electrons. The highest BCUT2D eigenvalue weighted by Gasteiger charge is 2.18. The van der Waals surface area contributed by atoms with Gasteiger partial charge in [0.05, 0.1) is 5.02 Å². The molecular weight excluding hydrogens is 305 g/mol. The van der Waals surface area contributed by atoms with Crippen LogP contribution < -0.4 is 5.32 Å². The second kappa shape index (κ2) is 6.98. The molecule has 0 saturated heterocycles. The van der Waals surface area contributed by atoms with Crippen molar-refractivity contribution in [2.45, 2.75) is 6.42 Å². The zero-order valence-corrected chi connectivity index (χ0v) is 11.4. The number of hydrogen-bond acceptors (Lipinski definition) is 6. The monoisotopic (exact) mass is 315 g/mol. The Morgan fingerprint density at radius 1 is 1.43 bits per heavy atom. The molecular formula is C12H11ClF2N4O2. The van der Waals surface area contributed by atoms with Crippen LogP contribution in [0.3, 0.4) is 0 Å². The van der Waals surface area contributed by atoms with Crippen LogP contribution in [0.5, 0.6) is 0 Å². The maximum atomic E-state index is 13.1. The van der Waals surface area contributed by atoms with E-state index in [1.807, 2.05) is 0 Å². The molecule has 2 N–H and O–H groups in total. The van der Waals surface area contributed by atoms with Crippen molar-refractivity contribution in [1.29, 1.82) is 0 Å². The third kappa shape index (κ3) is 3.66. The summed E-state index contributed by atoms with van der Waals surface area (Å²) in [5.41, 5.74) is 0.875. The molecule has 1 heterocycles. The largest absolute Gasteiger partial charge is 0.411 e. The molecule has 0 aliphatic rings. The molecule has 0 aliphatic heterocycles. The van der Waals surface area contributed by atoms with Gasteiger partial charge in [-0.3, -0.25) is 0 Å². The van der Waals surface area contributed by atoms with Crippen molar-refractivity contribution in [3.8, 4) is 0 Å². The highest BCUT2D eigenvalue weighted by molar-refractivity contribution is 6.30. The zero-order chi connectivity index (χ0) is 15.2. The second-order valence-corrected chi connectivity index (χ2v) is 4.46. The Bertz CT molecular complexity index is 648. The minimum absolute atomic E-state index is 0.0162. The summed E-state index contributed by atoms with van der Waals surface area (Å²) in [5.74, 6) is -0.384. The quantitative estimate of drug-likeness (QED) is 0.486. The number of halogens is 3. The standard InChI is InChI=1S/C12H11ClF2N4O2/c13-8-5-7(1-2-9(8)15)6-10(17-20)11-12(16-4-3-14)19-21-18-11/h1-2,5,20H,3-4,6H2,(H,16,19)/b17-10+/i14-1. The van der Waals surface area contributed by atoms with Crippen LogP contribution in [0.1, 0.15) is 11.3 Å². The summed E-state index contributed by atoms with van der Waals surface area (Å²) in [6, 6.07) is 4.11. The fourth-order valence-corrected chi connectivity index (χ4v) is 1.87. The van der Waals surface area contributed by atoms with Crippen molar-refractivity contribution in [2.75, 3.05) is 18.5 Å². The molecule has 0 amide bonds. The summed E-state index contributed by atoms with van der Waals surface area (Å²) >= 11 is 5.69. The van der Waals surface area contributed by atoms with Gasteiger partial charge in [0.25, 0.3) is 0 Å². The van der Waals surface area contributed by atoms with Crippen LogP contribution in [0.2, 0.25) is 5.02 Å². The fourth-order valence-electron chi connectivity index (χ4n) is 1.67. The fraction of sp³-hybridized carbons (Fsp3) is 0.250. The number of alkyl halides is 1. The van der Waals surface area contributed by atoms with E-state index < -0.39 is 12.5 Å². The van der Waals surface area contributed by atoms with Crippen molar-refractivity contribution in [1.82, 2.24) is 10.3 Å². The van der Waals surface area contributed by atoms with Crippen LogP contribution in [0.15, 0.2) is 28.0 Å². The van der Waals surface area contributed by atoms with Gasteiger partial charge in [0, 0.05) is 13.0 Å². The van der Waals surface area contributed by atoms with Crippen LogP contribution in [0.4, 0.5) is 14.6 Å². The Balaban J connectivity index is 2.20. The van der Waals surface area contributed by atoms with Gasteiger partial charge >= 0.3 is 0 Å². The van der Waals surface area contributed by atoms with Crippen LogP contribution >= 0.6 is 11.6 Å². The van der Waals surface area contributed by atoms with Crippen LogP contribution in [-0.4, -0.2) is 34.5 Å². The maximum Gasteiger partial charge on any atom is 0.200 e. The molecule has 9 heteroatoms. The predicted molar refractivity (Wildman–Crippen MR) is 72.2 cm³/mol. The van der Waals surface area contributed by atoms with Gasteiger partial charge in [-0.1, -0.05) is 22.8 Å². The number of anilines is 1. The Morgan fingerprint density at radius 3 is 2.90 bits per heavy atom. The van der Waals surface area contributed by atoms with E-state index in [-0.39, 0.29) is 35.2 Å². The van der Waals surface area contributed by atoms with E-state index in [0.29, 0.717) is 5.56 Å². The lowest BCUT2D eigenvalue weighted by molar-refractivity contribution is 0.304. The van der Waals surface area contributed by atoms with Crippen LogP contribution in [0.25, 0.3) is 0 Å². The van der Waals surface area contributed by atoms with E-state index >= 15 is 0 Å². The molecule has 0 bridgehead atoms. The van der Waals surface area contributed by atoms with Crippen LogP contribution in [0, 0.1) is 5.82 Å². The lowest BCUT2D eigenvalue weighted by atomic mass is 10.1. The Morgan fingerprint density at radius 2 is 2.24 bits per heavy atom. The summed E-state index contributed by atoms with van der Waals surface area (Å²) in [6.45, 7) is -0.590.